The largest absolute Gasteiger partial charge is 0.608 e. The van der Waals surface area contributed by atoms with Crippen molar-refractivity contribution in [2.45, 2.75) is 0 Å². The van der Waals surface area contributed by atoms with Crippen LogP contribution >= 0.6 is 15.5 Å². The molecule has 0 aromatic rings. The second-order valence-corrected chi connectivity index (χ2v) is 4.73. The van der Waals surface area contributed by atoms with Crippen molar-refractivity contribution < 1.29 is 32.8 Å². The van der Waals surface area contributed by atoms with E-state index >= 15 is 0 Å². The summed E-state index contributed by atoms with van der Waals surface area (Å²) in [7, 11) is -9.84. The number of hydrogen-bond acceptors (Lipinski definition) is 2. The number of hydrogen-bond donors (Lipinski definition) is 4. The summed E-state index contributed by atoms with van der Waals surface area (Å²) in [5, 5.41) is 0. The highest BCUT2D eigenvalue weighted by molar-refractivity contribution is 7.57. The van der Waals surface area contributed by atoms with E-state index in [1.54, 1.807) is 0 Å². The molecule has 7 nitrogen and oxygen atoms in total. The monoisotopic (exact) mass is 190 g/mol. The van der Waals surface area contributed by atoms with E-state index in [1.165, 1.54) is 0 Å². The van der Waals surface area contributed by atoms with Crippen LogP contribution in [-0.2, 0) is 9.13 Å². The van der Waals surface area contributed by atoms with Gasteiger partial charge in [-0.25, -0.2) is 0 Å². The van der Waals surface area contributed by atoms with Crippen molar-refractivity contribution >= 4 is 22.2 Å². The molecule has 9 heteroatoms. The maximum absolute atomic E-state index is 10.0. The molecule has 0 aliphatic carbocycles. The van der Waals surface area contributed by atoms with E-state index in [2.05, 4.69) is 6.72 Å². The Bertz CT molecular complexity index is 208. The first-order valence-corrected chi connectivity index (χ1v) is 5.01. The lowest BCUT2D eigenvalue weighted by atomic mass is 11.8. The molecule has 0 aliphatic rings. The Morgan fingerprint density at radius 3 is 1.20 bits per heavy atom. The van der Waals surface area contributed by atoms with Crippen molar-refractivity contribution in [2.24, 2.45) is 0 Å². The van der Waals surface area contributed by atoms with Gasteiger partial charge in [-0.05, 0) is 0 Å². The smallest absolute Gasteiger partial charge is 0.271 e. The third kappa shape index (κ3) is 2.70. The fourth-order valence-corrected chi connectivity index (χ4v) is 1.37. The van der Waals surface area contributed by atoms with E-state index in [1.807, 2.05) is 0 Å². The molecular weight excluding hydrogens is 184 g/mol. The minimum atomic E-state index is -4.92. The lowest BCUT2D eigenvalue weighted by molar-refractivity contribution is -0.251. The Morgan fingerprint density at radius 1 is 1.00 bits per heavy atom. The molecule has 0 aromatic carbocycles. The summed E-state index contributed by atoms with van der Waals surface area (Å²) >= 11 is 0. The third-order valence-electron chi connectivity index (χ3n) is 0.601. The van der Waals surface area contributed by atoms with Crippen LogP contribution in [0.4, 0.5) is 0 Å². The van der Waals surface area contributed by atoms with Crippen LogP contribution in [0.5, 0.6) is 0 Å². The molecule has 0 fully saturated rings. The molecule has 0 aliphatic heterocycles. The van der Waals surface area contributed by atoms with Crippen LogP contribution in [0.25, 0.3) is 0 Å². The van der Waals surface area contributed by atoms with Gasteiger partial charge in [0.05, 0.1) is 0 Å². The van der Waals surface area contributed by atoms with Crippen LogP contribution in [0, 0.1) is 0 Å². The second-order valence-electron chi connectivity index (χ2n) is 1.40. The van der Waals surface area contributed by atoms with Crippen molar-refractivity contribution in [3.05, 3.63) is 0 Å². The van der Waals surface area contributed by atoms with Crippen molar-refractivity contribution in [3.63, 3.8) is 0 Å². The van der Waals surface area contributed by atoms with Crippen molar-refractivity contribution in [1.82, 2.24) is 0 Å². The van der Waals surface area contributed by atoms with Gasteiger partial charge in [-0.2, -0.15) is 9.13 Å². The summed E-state index contributed by atoms with van der Waals surface area (Å²) in [5.41, 5.74) is 0. The first kappa shape index (κ1) is 9.97. The molecule has 60 valence electrons. The van der Waals surface area contributed by atoms with E-state index < -0.39 is 19.6 Å². The second kappa shape index (κ2) is 2.54. The predicted octanol–water partition coefficient (Wildman–Crippen LogP) is -1.12. The van der Waals surface area contributed by atoms with Crippen molar-refractivity contribution in [2.75, 3.05) is 0 Å². The first-order chi connectivity index (χ1) is 4.15. The molecule has 4 N–H and O–H groups in total. The summed E-state index contributed by atoms with van der Waals surface area (Å²) in [4.78, 5) is 32.4. The maximum Gasteiger partial charge on any atom is 0.608 e. The summed E-state index contributed by atoms with van der Waals surface area (Å²) in [6.07, 6.45) is 0. The van der Waals surface area contributed by atoms with E-state index in [4.69, 9.17) is 19.6 Å². The fraction of sp³-hybridized carbons (Fsp3) is 0. The van der Waals surface area contributed by atoms with Gasteiger partial charge >= 0.3 is 15.5 Å². The maximum atomic E-state index is 10.0. The van der Waals surface area contributed by atoms with E-state index in [0.29, 0.717) is 0 Å². The molecular formula is CH6NO6P2+. The average molecular weight is 190 g/mol. The summed E-state index contributed by atoms with van der Waals surface area (Å²) < 4.78 is 19.5. The third-order valence-corrected chi connectivity index (χ3v) is 3.20. The van der Waals surface area contributed by atoms with Gasteiger partial charge in [0.25, 0.3) is 0 Å². The highest BCUT2D eigenvalue weighted by Crippen LogP contribution is 2.52. The Labute approximate surface area is 56.1 Å². The fourth-order valence-electron chi connectivity index (χ4n) is 0.152. The molecule has 0 heterocycles. The number of nitrogens with zero attached hydrogens (tertiary/aromatic N) is 1. The predicted molar refractivity (Wildman–Crippen MR) is 31.5 cm³/mol. The van der Waals surface area contributed by atoms with Gasteiger partial charge in [0.15, 0.2) is 0 Å². The van der Waals surface area contributed by atoms with E-state index in [9.17, 15) is 9.13 Å². The van der Waals surface area contributed by atoms with Gasteiger partial charge in [-0.15, -0.1) is 0 Å². The molecule has 0 atom stereocenters. The van der Waals surface area contributed by atoms with Gasteiger partial charge < -0.3 is 0 Å². The Kier molecular flexibility index (Phi) is 2.53. The van der Waals surface area contributed by atoms with Crippen molar-refractivity contribution in [3.8, 4) is 0 Å². The van der Waals surface area contributed by atoms with Crippen LogP contribution in [0.1, 0.15) is 0 Å². The highest BCUT2D eigenvalue weighted by Gasteiger charge is 2.43. The molecule has 0 aromatic heterocycles. The van der Waals surface area contributed by atoms with Crippen LogP contribution < -0.4 is 0 Å². The SMILES string of the molecule is C=[N+](P(=O)(O)O)P(=O)(O)O. The van der Waals surface area contributed by atoms with Crippen LogP contribution in [-0.4, -0.2) is 30.4 Å². The van der Waals surface area contributed by atoms with Gasteiger partial charge in [0, 0.05) is 0 Å². The van der Waals surface area contributed by atoms with Gasteiger partial charge in [-0.1, -0.05) is 4.12 Å². The van der Waals surface area contributed by atoms with Gasteiger partial charge in [-0.3, -0.25) is 19.6 Å². The molecule has 0 unspecified atom stereocenters. The summed E-state index contributed by atoms with van der Waals surface area (Å²) in [6.45, 7) is 2.49. The Hall–Kier alpha value is -0.0300. The van der Waals surface area contributed by atoms with E-state index in [-0.39, 0.29) is 0 Å². The zero-order valence-corrected chi connectivity index (χ0v) is 6.44. The van der Waals surface area contributed by atoms with Crippen LogP contribution in [0.2, 0.25) is 0 Å². The Balaban J connectivity index is 4.75. The zero-order chi connectivity index (χ0) is 8.58. The summed E-state index contributed by atoms with van der Waals surface area (Å²) in [6, 6.07) is 0. The molecule has 0 bridgehead atoms. The molecule has 0 saturated heterocycles. The minimum absolute atomic E-state index is 0.542. The molecule has 0 radical (unpaired) electrons. The lowest BCUT2D eigenvalue weighted by Gasteiger charge is -2.00. The molecule has 0 saturated carbocycles. The molecule has 0 spiro atoms. The van der Waals surface area contributed by atoms with Gasteiger partial charge in [0.1, 0.15) is 6.72 Å². The highest BCUT2D eigenvalue weighted by atomic mass is 31.3. The first-order valence-electron chi connectivity index (χ1n) is 1.88. The summed E-state index contributed by atoms with van der Waals surface area (Å²) in [5.74, 6) is 0. The van der Waals surface area contributed by atoms with Crippen molar-refractivity contribution in [1.29, 1.82) is 0 Å². The zero-order valence-electron chi connectivity index (χ0n) is 4.65. The average Bonchev–Trinajstić information content (AvgIpc) is 1.59. The molecule has 10 heavy (non-hydrogen) atoms. The topological polar surface area (TPSA) is 118 Å². The quantitative estimate of drug-likeness (QED) is 0.323. The molecule has 0 amide bonds. The Morgan fingerprint density at radius 2 is 1.20 bits per heavy atom. The van der Waals surface area contributed by atoms with Crippen LogP contribution in [0.3, 0.4) is 0 Å². The van der Waals surface area contributed by atoms with Crippen LogP contribution in [0.15, 0.2) is 0 Å². The minimum Gasteiger partial charge on any atom is -0.271 e. The van der Waals surface area contributed by atoms with E-state index in [0.717, 1.165) is 0 Å². The lowest BCUT2D eigenvalue weighted by Crippen LogP contribution is -2.01. The number of rotatable bonds is 2. The normalized spacial score (nSPS) is 13.2. The molecule has 0 rings (SSSR count). The van der Waals surface area contributed by atoms with Gasteiger partial charge in [0.2, 0.25) is 0 Å². The standard InChI is InChI=1S/CH5NO6P2/c1-2(9(3,4)5)10(6,7)8/h1H2,(H3-,3,4,5,6,7,8)/p+1.